The fourth-order valence-corrected chi connectivity index (χ4v) is 2.71. The number of hydrogen-bond donors (Lipinski definition) is 2. The third kappa shape index (κ3) is 4.47. The molecule has 0 unspecified atom stereocenters. The van der Waals surface area contributed by atoms with Crippen molar-refractivity contribution in [2.45, 2.75) is 12.0 Å². The maximum Gasteiger partial charge on any atom is 0.289 e. The number of aliphatic hydroxyl groups is 1. The number of nitrogens with zero attached hydrogens (tertiary/aromatic N) is 1. The first-order valence-electron chi connectivity index (χ1n) is 6.33. The van der Waals surface area contributed by atoms with Crippen LogP contribution in [0.4, 0.5) is 13.2 Å². The number of nitrogens with one attached hydrogen (secondary N) is 1. The predicted molar refractivity (Wildman–Crippen MR) is 77.9 cm³/mol. The van der Waals surface area contributed by atoms with Crippen LogP contribution in [-0.4, -0.2) is 48.7 Å². The molecule has 1 atom stereocenters. The summed E-state index contributed by atoms with van der Waals surface area (Å²) in [4.78, 5) is 1.54. The lowest BCUT2D eigenvalue weighted by Crippen LogP contribution is -2.51. The van der Waals surface area contributed by atoms with Crippen LogP contribution in [0.15, 0.2) is 18.2 Å². The number of piperazine rings is 1. The predicted octanol–water partition coefficient (Wildman–Crippen LogP) is 2.47. The Balaban J connectivity index is 0.00000220. The zero-order valence-corrected chi connectivity index (χ0v) is 12.7. The standard InChI is InChI=1S/C13H16ClF3N2O.ClH/c14-10-5-9(6-11(15)7-10)12(13(16,17)8-20)19-3-1-18-2-4-19;/h5-7,12,18,20H,1-4,8H2;1H/t12-;/m0./s1. The Morgan fingerprint density at radius 2 is 1.90 bits per heavy atom. The molecule has 2 N–H and O–H groups in total. The van der Waals surface area contributed by atoms with Crippen LogP contribution in [0.25, 0.3) is 0 Å². The minimum absolute atomic E-state index is 0. The van der Waals surface area contributed by atoms with E-state index in [2.05, 4.69) is 5.32 Å². The number of hydrogen-bond acceptors (Lipinski definition) is 3. The van der Waals surface area contributed by atoms with Gasteiger partial charge in [-0.3, -0.25) is 4.90 Å². The Bertz CT molecular complexity index is 450. The van der Waals surface area contributed by atoms with Gasteiger partial charge in [-0.15, -0.1) is 12.4 Å². The first-order chi connectivity index (χ1) is 9.44. The van der Waals surface area contributed by atoms with Crippen molar-refractivity contribution in [3.63, 3.8) is 0 Å². The monoisotopic (exact) mass is 344 g/mol. The van der Waals surface area contributed by atoms with E-state index in [1.165, 1.54) is 11.0 Å². The number of rotatable bonds is 4. The number of benzene rings is 1. The molecule has 21 heavy (non-hydrogen) atoms. The molecule has 1 aliphatic heterocycles. The highest BCUT2D eigenvalue weighted by Gasteiger charge is 2.44. The summed E-state index contributed by atoms with van der Waals surface area (Å²) in [5.74, 6) is -4.03. The molecule has 0 aromatic heterocycles. The summed E-state index contributed by atoms with van der Waals surface area (Å²) in [6, 6.07) is 2.04. The maximum absolute atomic E-state index is 14.1. The highest BCUT2D eigenvalue weighted by Crippen LogP contribution is 2.37. The minimum Gasteiger partial charge on any atom is -0.390 e. The van der Waals surface area contributed by atoms with Gasteiger partial charge in [-0.1, -0.05) is 11.6 Å². The molecule has 1 saturated heterocycles. The Labute approximate surface area is 132 Å². The molecule has 0 saturated carbocycles. The Morgan fingerprint density at radius 1 is 1.29 bits per heavy atom. The summed E-state index contributed by atoms with van der Waals surface area (Å²) in [5.41, 5.74) is 0.0796. The van der Waals surface area contributed by atoms with Gasteiger partial charge in [0.25, 0.3) is 5.92 Å². The van der Waals surface area contributed by atoms with E-state index in [9.17, 15) is 13.2 Å². The molecule has 0 amide bonds. The van der Waals surface area contributed by atoms with Crippen LogP contribution in [0.3, 0.4) is 0 Å². The van der Waals surface area contributed by atoms with Gasteiger partial charge in [-0.05, 0) is 23.8 Å². The second-order valence-corrected chi connectivity index (χ2v) is 5.25. The van der Waals surface area contributed by atoms with Crippen LogP contribution in [0, 0.1) is 5.82 Å². The fourth-order valence-electron chi connectivity index (χ4n) is 2.48. The molecule has 8 heteroatoms. The van der Waals surface area contributed by atoms with Crippen LogP contribution in [0.2, 0.25) is 5.02 Å². The van der Waals surface area contributed by atoms with Crippen LogP contribution in [-0.2, 0) is 0 Å². The second-order valence-electron chi connectivity index (χ2n) is 4.81. The maximum atomic E-state index is 14.1. The van der Waals surface area contributed by atoms with Crippen LogP contribution < -0.4 is 5.32 Å². The van der Waals surface area contributed by atoms with Crippen molar-refractivity contribution in [3.8, 4) is 0 Å². The second kappa shape index (κ2) is 7.65. The molecule has 0 aliphatic carbocycles. The average Bonchev–Trinajstić information content (AvgIpc) is 2.39. The highest BCUT2D eigenvalue weighted by atomic mass is 35.5. The zero-order valence-electron chi connectivity index (χ0n) is 11.2. The average molecular weight is 345 g/mol. The summed E-state index contributed by atoms with van der Waals surface area (Å²) in [5, 5.41) is 12.1. The largest absolute Gasteiger partial charge is 0.390 e. The van der Waals surface area contributed by atoms with E-state index in [0.29, 0.717) is 26.2 Å². The number of aliphatic hydroxyl groups excluding tert-OH is 1. The molecule has 1 heterocycles. The van der Waals surface area contributed by atoms with Gasteiger partial charge in [-0.25, -0.2) is 13.2 Å². The summed E-state index contributed by atoms with van der Waals surface area (Å²) >= 11 is 5.75. The van der Waals surface area contributed by atoms with Crippen molar-refractivity contribution < 1.29 is 18.3 Å². The van der Waals surface area contributed by atoms with Gasteiger partial charge in [0.2, 0.25) is 0 Å². The third-order valence-electron chi connectivity index (χ3n) is 3.33. The molecule has 1 aromatic rings. The molecular weight excluding hydrogens is 328 g/mol. The molecule has 0 bridgehead atoms. The van der Waals surface area contributed by atoms with E-state index in [1.54, 1.807) is 0 Å². The highest BCUT2D eigenvalue weighted by molar-refractivity contribution is 6.30. The van der Waals surface area contributed by atoms with E-state index in [4.69, 9.17) is 16.7 Å². The van der Waals surface area contributed by atoms with Crippen molar-refractivity contribution >= 4 is 24.0 Å². The van der Waals surface area contributed by atoms with E-state index >= 15 is 0 Å². The SMILES string of the molecule is Cl.OCC(F)(F)[C@H](c1cc(F)cc(Cl)c1)N1CCNCC1. The van der Waals surface area contributed by atoms with Crippen molar-refractivity contribution in [2.24, 2.45) is 0 Å². The van der Waals surface area contributed by atoms with Crippen LogP contribution >= 0.6 is 24.0 Å². The minimum atomic E-state index is -3.37. The smallest absolute Gasteiger partial charge is 0.289 e. The number of halogens is 5. The van der Waals surface area contributed by atoms with Gasteiger partial charge in [-0.2, -0.15) is 0 Å². The lowest BCUT2D eigenvalue weighted by Gasteiger charge is -2.38. The Hall–Kier alpha value is -0.530. The van der Waals surface area contributed by atoms with E-state index in [-0.39, 0.29) is 23.0 Å². The van der Waals surface area contributed by atoms with E-state index < -0.39 is 24.4 Å². The Morgan fingerprint density at radius 3 is 2.43 bits per heavy atom. The lowest BCUT2D eigenvalue weighted by atomic mass is 9.98. The van der Waals surface area contributed by atoms with Gasteiger partial charge < -0.3 is 10.4 Å². The summed E-state index contributed by atoms with van der Waals surface area (Å²) in [6.07, 6.45) is 0. The normalized spacial score (nSPS) is 18.1. The molecule has 2 rings (SSSR count). The van der Waals surface area contributed by atoms with Crippen molar-refractivity contribution in [2.75, 3.05) is 32.8 Å². The molecule has 1 fully saturated rings. The van der Waals surface area contributed by atoms with Crippen LogP contribution in [0.1, 0.15) is 11.6 Å². The summed E-state index contributed by atoms with van der Waals surface area (Å²) in [6.45, 7) is 0.640. The molecule has 1 aliphatic rings. The van der Waals surface area contributed by atoms with Gasteiger partial charge in [0, 0.05) is 31.2 Å². The molecule has 1 aromatic carbocycles. The quantitative estimate of drug-likeness (QED) is 0.880. The van der Waals surface area contributed by atoms with Crippen molar-refractivity contribution in [1.29, 1.82) is 0 Å². The first kappa shape index (κ1) is 18.5. The summed E-state index contributed by atoms with van der Waals surface area (Å²) in [7, 11) is 0. The zero-order chi connectivity index (χ0) is 14.8. The topological polar surface area (TPSA) is 35.5 Å². The van der Waals surface area contributed by atoms with Crippen LogP contribution in [0.5, 0.6) is 0 Å². The van der Waals surface area contributed by atoms with Gasteiger partial charge in [0.1, 0.15) is 18.5 Å². The van der Waals surface area contributed by atoms with Crippen molar-refractivity contribution in [3.05, 3.63) is 34.6 Å². The molecule has 0 radical (unpaired) electrons. The molecule has 120 valence electrons. The molecule has 0 spiro atoms. The Kier molecular flexibility index (Phi) is 6.74. The van der Waals surface area contributed by atoms with Gasteiger partial charge in [0.15, 0.2) is 0 Å². The molecule has 3 nitrogen and oxygen atoms in total. The van der Waals surface area contributed by atoms with Gasteiger partial charge >= 0.3 is 0 Å². The third-order valence-corrected chi connectivity index (χ3v) is 3.55. The van der Waals surface area contributed by atoms with Crippen molar-refractivity contribution in [1.82, 2.24) is 10.2 Å². The fraction of sp³-hybridized carbons (Fsp3) is 0.538. The number of alkyl halides is 2. The summed E-state index contributed by atoms with van der Waals surface area (Å²) < 4.78 is 41.6. The molecular formula is C13H17Cl2F3N2O. The van der Waals surface area contributed by atoms with Gasteiger partial charge in [0.05, 0.1) is 0 Å². The van der Waals surface area contributed by atoms with E-state index in [1.807, 2.05) is 0 Å². The van der Waals surface area contributed by atoms with E-state index in [0.717, 1.165) is 12.1 Å². The first-order valence-corrected chi connectivity index (χ1v) is 6.71. The lowest BCUT2D eigenvalue weighted by molar-refractivity contribution is -0.118.